The van der Waals surface area contributed by atoms with Crippen LogP contribution >= 0.6 is 28.1 Å². The van der Waals surface area contributed by atoms with Gasteiger partial charge in [0, 0.05) is 4.47 Å². The molecule has 0 fully saturated rings. The van der Waals surface area contributed by atoms with E-state index < -0.39 is 0 Å². The van der Waals surface area contributed by atoms with Crippen molar-refractivity contribution in [1.29, 1.82) is 0 Å². The van der Waals surface area contributed by atoms with Crippen molar-refractivity contribution in [1.82, 2.24) is 10.6 Å². The van der Waals surface area contributed by atoms with Crippen LogP contribution in [-0.2, 0) is 0 Å². The minimum absolute atomic E-state index is 0.0448. The summed E-state index contributed by atoms with van der Waals surface area (Å²) >= 11 is 8.44. The van der Waals surface area contributed by atoms with E-state index in [1.54, 1.807) is 12.1 Å². The first-order valence-electron chi connectivity index (χ1n) is 7.06. The summed E-state index contributed by atoms with van der Waals surface area (Å²) in [6, 6.07) is 5.04. The average molecular weight is 389 g/mol. The highest BCUT2D eigenvalue weighted by Crippen LogP contribution is 2.24. The molecule has 1 aromatic rings. The molecule has 1 atom stereocenters. The van der Waals surface area contributed by atoms with Crippen molar-refractivity contribution < 1.29 is 14.6 Å². The summed E-state index contributed by atoms with van der Waals surface area (Å²) in [6.07, 6.45) is 0.655. The molecule has 0 heterocycles. The lowest BCUT2D eigenvalue weighted by atomic mass is 10.2. The van der Waals surface area contributed by atoms with Gasteiger partial charge in [-0.2, -0.15) is 0 Å². The van der Waals surface area contributed by atoms with Crippen molar-refractivity contribution >= 4 is 39.2 Å². The molecule has 0 aliphatic carbocycles. The number of ether oxygens (including phenoxy) is 1. The van der Waals surface area contributed by atoms with Crippen molar-refractivity contribution in [2.24, 2.45) is 0 Å². The monoisotopic (exact) mass is 388 g/mol. The molecule has 1 aromatic carbocycles. The molecule has 0 aliphatic heterocycles. The van der Waals surface area contributed by atoms with Gasteiger partial charge < -0.3 is 15.2 Å². The molecule has 3 N–H and O–H groups in total. The molecule has 0 spiro atoms. The van der Waals surface area contributed by atoms with E-state index in [1.165, 1.54) is 0 Å². The van der Waals surface area contributed by atoms with Gasteiger partial charge in [-0.05, 0) is 50.7 Å². The van der Waals surface area contributed by atoms with Gasteiger partial charge in [-0.15, -0.1) is 0 Å². The van der Waals surface area contributed by atoms with Crippen LogP contribution in [0, 0.1) is 0 Å². The zero-order chi connectivity index (χ0) is 16.7. The average Bonchev–Trinajstić information content (AvgIpc) is 2.46. The third-order valence-electron chi connectivity index (χ3n) is 2.82. The van der Waals surface area contributed by atoms with E-state index in [9.17, 15) is 4.79 Å². The Morgan fingerprint density at radius 2 is 2.14 bits per heavy atom. The van der Waals surface area contributed by atoms with Crippen LogP contribution in [0.1, 0.15) is 37.6 Å². The van der Waals surface area contributed by atoms with Gasteiger partial charge in [-0.3, -0.25) is 10.1 Å². The molecule has 0 aliphatic rings. The number of hydrogen-bond donors (Lipinski definition) is 3. The number of rotatable bonds is 6. The second-order valence-electron chi connectivity index (χ2n) is 5.02. The Bertz CT molecular complexity index is 534. The second kappa shape index (κ2) is 9.07. The van der Waals surface area contributed by atoms with Crippen molar-refractivity contribution in [3.8, 4) is 5.75 Å². The maximum absolute atomic E-state index is 12.4. The molecule has 22 heavy (non-hydrogen) atoms. The number of carbonyl (C=O) groups is 1. The molecular weight excluding hydrogens is 368 g/mol. The van der Waals surface area contributed by atoms with Crippen LogP contribution in [0.4, 0.5) is 0 Å². The van der Waals surface area contributed by atoms with E-state index >= 15 is 0 Å². The zero-order valence-corrected chi connectivity index (χ0v) is 15.3. The number of amides is 1. The van der Waals surface area contributed by atoms with Crippen LogP contribution in [0.3, 0.4) is 0 Å². The van der Waals surface area contributed by atoms with Gasteiger partial charge in [0.05, 0.1) is 24.3 Å². The number of carbonyl (C=O) groups excluding carboxylic acids is 1. The summed E-state index contributed by atoms with van der Waals surface area (Å²) in [5.74, 6) is 0.134. The standard InChI is InChI=1S/C15H21BrN2O3S/c1-4-11(8-19)17-15(22)18-14(20)12-7-10(16)5-6-13(12)21-9(2)3/h5-7,9,11,19H,4,8H2,1-3H3,(H2,17,18,20,22). The first-order valence-corrected chi connectivity index (χ1v) is 8.26. The van der Waals surface area contributed by atoms with Gasteiger partial charge in [0.25, 0.3) is 5.91 Å². The molecule has 1 unspecified atom stereocenters. The van der Waals surface area contributed by atoms with Gasteiger partial charge in [-0.25, -0.2) is 0 Å². The van der Waals surface area contributed by atoms with Gasteiger partial charge in [0.15, 0.2) is 5.11 Å². The lowest BCUT2D eigenvalue weighted by Gasteiger charge is -2.18. The van der Waals surface area contributed by atoms with Crippen LogP contribution < -0.4 is 15.4 Å². The number of nitrogens with one attached hydrogen (secondary N) is 2. The van der Waals surface area contributed by atoms with Gasteiger partial charge >= 0.3 is 0 Å². The number of halogens is 1. The number of thiocarbonyl (C=S) groups is 1. The normalized spacial score (nSPS) is 11.9. The van der Waals surface area contributed by atoms with E-state index in [1.807, 2.05) is 26.8 Å². The highest BCUT2D eigenvalue weighted by Gasteiger charge is 2.16. The maximum atomic E-state index is 12.4. The van der Waals surface area contributed by atoms with Crippen molar-refractivity contribution in [3.05, 3.63) is 28.2 Å². The Labute approximate surface area is 144 Å². The fourth-order valence-corrected chi connectivity index (χ4v) is 2.33. The van der Waals surface area contributed by atoms with Crippen LogP contribution in [0.5, 0.6) is 5.75 Å². The van der Waals surface area contributed by atoms with Gasteiger partial charge in [0.2, 0.25) is 0 Å². The van der Waals surface area contributed by atoms with Crippen molar-refractivity contribution in [3.63, 3.8) is 0 Å². The van der Waals surface area contributed by atoms with Crippen molar-refractivity contribution in [2.45, 2.75) is 39.3 Å². The smallest absolute Gasteiger partial charge is 0.261 e. The minimum atomic E-state index is -0.359. The first kappa shape index (κ1) is 18.9. The van der Waals surface area contributed by atoms with E-state index in [0.29, 0.717) is 17.7 Å². The van der Waals surface area contributed by atoms with Gasteiger partial charge in [-0.1, -0.05) is 22.9 Å². The van der Waals surface area contributed by atoms with E-state index in [4.69, 9.17) is 22.1 Å². The number of hydrogen-bond acceptors (Lipinski definition) is 4. The zero-order valence-electron chi connectivity index (χ0n) is 12.9. The fraction of sp³-hybridized carbons (Fsp3) is 0.467. The van der Waals surface area contributed by atoms with Gasteiger partial charge in [0.1, 0.15) is 5.75 Å². The van der Waals surface area contributed by atoms with Crippen LogP contribution in [0.25, 0.3) is 0 Å². The molecule has 0 saturated heterocycles. The lowest BCUT2D eigenvalue weighted by molar-refractivity contribution is 0.0970. The van der Waals surface area contributed by atoms with Crippen LogP contribution in [0.15, 0.2) is 22.7 Å². The van der Waals surface area contributed by atoms with E-state index in [-0.39, 0.29) is 29.8 Å². The number of aliphatic hydroxyl groups is 1. The molecule has 1 amide bonds. The predicted octanol–water partition coefficient (Wildman–Crippen LogP) is 2.61. The largest absolute Gasteiger partial charge is 0.490 e. The number of aliphatic hydroxyl groups excluding tert-OH is 1. The molecular formula is C15H21BrN2O3S. The fourth-order valence-electron chi connectivity index (χ4n) is 1.71. The van der Waals surface area contributed by atoms with Crippen LogP contribution in [0.2, 0.25) is 0 Å². The molecule has 7 heteroatoms. The van der Waals surface area contributed by atoms with E-state index in [2.05, 4.69) is 26.6 Å². The Kier molecular flexibility index (Phi) is 7.78. The Morgan fingerprint density at radius 3 is 2.68 bits per heavy atom. The van der Waals surface area contributed by atoms with Crippen molar-refractivity contribution in [2.75, 3.05) is 6.61 Å². The summed E-state index contributed by atoms with van der Waals surface area (Å²) < 4.78 is 6.41. The highest BCUT2D eigenvalue weighted by atomic mass is 79.9. The lowest BCUT2D eigenvalue weighted by Crippen LogP contribution is -2.45. The second-order valence-corrected chi connectivity index (χ2v) is 6.35. The molecule has 0 radical (unpaired) electrons. The molecule has 0 aromatic heterocycles. The molecule has 5 nitrogen and oxygen atoms in total. The summed E-state index contributed by atoms with van der Waals surface area (Å²) in [5.41, 5.74) is 0.393. The topological polar surface area (TPSA) is 70.6 Å². The van der Waals surface area contributed by atoms with E-state index in [0.717, 1.165) is 4.47 Å². The third-order valence-corrected chi connectivity index (χ3v) is 3.54. The quantitative estimate of drug-likeness (QED) is 0.653. The SMILES string of the molecule is CCC(CO)NC(=S)NC(=O)c1cc(Br)ccc1OC(C)C. The first-order chi connectivity index (χ1) is 10.4. The minimum Gasteiger partial charge on any atom is -0.490 e. The summed E-state index contributed by atoms with van der Waals surface area (Å²) in [5, 5.41) is 14.8. The summed E-state index contributed by atoms with van der Waals surface area (Å²) in [7, 11) is 0. The Hall–Kier alpha value is -1.18. The molecule has 0 saturated carbocycles. The maximum Gasteiger partial charge on any atom is 0.261 e. The highest BCUT2D eigenvalue weighted by molar-refractivity contribution is 9.10. The molecule has 122 valence electrons. The summed E-state index contributed by atoms with van der Waals surface area (Å²) in [6.45, 7) is 5.65. The molecule has 0 bridgehead atoms. The van der Waals surface area contributed by atoms with Crippen LogP contribution in [-0.4, -0.2) is 34.9 Å². The number of benzene rings is 1. The Balaban J connectivity index is 2.84. The predicted molar refractivity (Wildman–Crippen MR) is 94.3 cm³/mol. The summed E-state index contributed by atoms with van der Waals surface area (Å²) in [4.78, 5) is 12.4. The third kappa shape index (κ3) is 5.90. The molecule has 1 rings (SSSR count). The Morgan fingerprint density at radius 1 is 1.45 bits per heavy atom.